The summed E-state index contributed by atoms with van der Waals surface area (Å²) in [5.41, 5.74) is 3.00. The van der Waals surface area contributed by atoms with E-state index >= 15 is 0 Å². The van der Waals surface area contributed by atoms with Crippen LogP contribution in [0.5, 0.6) is 0 Å². The Hall–Kier alpha value is -4.37. The number of ether oxygens (including phenoxy) is 1. The Labute approximate surface area is 207 Å². The van der Waals surface area contributed by atoms with Gasteiger partial charge >= 0.3 is 0 Å². The lowest BCUT2D eigenvalue weighted by atomic mass is 10.1. The summed E-state index contributed by atoms with van der Waals surface area (Å²) in [5, 5.41) is 3.40. The van der Waals surface area contributed by atoms with E-state index in [2.05, 4.69) is 10.3 Å². The zero-order valence-corrected chi connectivity index (χ0v) is 19.9. The average molecular weight is 485 g/mol. The van der Waals surface area contributed by atoms with E-state index in [1.165, 1.54) is 18.7 Å². The average Bonchev–Trinajstić information content (AvgIpc) is 3.15. The number of fused-ring (bicyclic) bond motifs is 2. The van der Waals surface area contributed by atoms with E-state index in [1.807, 2.05) is 0 Å². The zero-order valence-electron chi connectivity index (χ0n) is 19.9. The molecule has 182 valence electrons. The van der Waals surface area contributed by atoms with Crippen LogP contribution in [0.25, 0.3) is 17.0 Å². The Bertz CT molecular complexity index is 1460. The van der Waals surface area contributed by atoms with Gasteiger partial charge in [-0.05, 0) is 42.5 Å². The molecule has 1 saturated heterocycles. The normalized spacial score (nSPS) is 16.4. The number of aromatic nitrogens is 1. The van der Waals surface area contributed by atoms with Crippen molar-refractivity contribution >= 4 is 51.9 Å². The molecule has 0 atom stereocenters. The molecule has 1 N–H and O–H groups in total. The van der Waals surface area contributed by atoms with Crippen molar-refractivity contribution < 1.29 is 23.9 Å². The van der Waals surface area contributed by atoms with Gasteiger partial charge in [-0.25, -0.2) is 4.98 Å². The monoisotopic (exact) mass is 484 g/mol. The number of carbonyl (C=O) groups is 4. The molecule has 36 heavy (non-hydrogen) atoms. The molecule has 3 amide bonds. The van der Waals surface area contributed by atoms with E-state index in [0.717, 1.165) is 0 Å². The molecule has 2 aromatic carbocycles. The second-order valence-electron chi connectivity index (χ2n) is 8.64. The summed E-state index contributed by atoms with van der Waals surface area (Å²) in [6.45, 7) is 4.81. The minimum Gasteiger partial charge on any atom is -0.378 e. The first-order chi connectivity index (χ1) is 17.3. The number of anilines is 2. The molecule has 2 aliphatic rings. The molecule has 0 spiro atoms. The Morgan fingerprint density at radius 1 is 1.03 bits per heavy atom. The summed E-state index contributed by atoms with van der Waals surface area (Å²) in [6.07, 6.45) is 1.54. The molecule has 0 bridgehead atoms. The van der Waals surface area contributed by atoms with Crippen molar-refractivity contribution in [3.63, 3.8) is 0 Å². The third-order valence-corrected chi connectivity index (χ3v) is 6.15. The topological polar surface area (TPSA) is 109 Å². The van der Waals surface area contributed by atoms with Crippen molar-refractivity contribution in [1.82, 2.24) is 9.88 Å². The first-order valence-electron chi connectivity index (χ1n) is 11.6. The van der Waals surface area contributed by atoms with E-state index in [-0.39, 0.29) is 29.2 Å². The smallest absolute Gasteiger partial charge is 0.254 e. The quantitative estimate of drug-likeness (QED) is 0.572. The number of nitrogens with one attached hydrogen (secondary N) is 1. The van der Waals surface area contributed by atoms with Crippen molar-refractivity contribution in [1.29, 1.82) is 0 Å². The lowest BCUT2D eigenvalue weighted by Crippen LogP contribution is -2.40. The number of benzene rings is 2. The van der Waals surface area contributed by atoms with Crippen molar-refractivity contribution in [2.45, 2.75) is 13.8 Å². The van der Waals surface area contributed by atoms with Gasteiger partial charge in [0.25, 0.3) is 5.91 Å². The Balaban J connectivity index is 1.59. The molecule has 0 saturated carbocycles. The summed E-state index contributed by atoms with van der Waals surface area (Å²) in [7, 11) is 0. The van der Waals surface area contributed by atoms with Crippen LogP contribution in [0, 0.1) is 0 Å². The number of hydrogen-bond donors (Lipinski definition) is 1. The van der Waals surface area contributed by atoms with Crippen LogP contribution < -0.4 is 10.2 Å². The van der Waals surface area contributed by atoms with Gasteiger partial charge < -0.3 is 15.0 Å². The minimum atomic E-state index is -0.298. The molecular formula is C27H24N4O5. The number of para-hydroxylation sites is 1. The molecular weight excluding hydrogens is 460 g/mol. The highest BCUT2D eigenvalue weighted by Gasteiger charge is 2.34. The van der Waals surface area contributed by atoms with Gasteiger partial charge in [-0.2, -0.15) is 0 Å². The number of pyridine rings is 1. The summed E-state index contributed by atoms with van der Waals surface area (Å²) in [5.74, 6) is -0.990. The second kappa shape index (κ2) is 9.35. The number of nitrogens with zero attached hydrogens (tertiary/aromatic N) is 3. The molecule has 3 aromatic rings. The molecule has 3 heterocycles. The SMILES string of the molecule is CC(=O)Nc1cc(/C=C2/C(=O)c3ccccc3N2C(C)=O)nc2ccc(C(=O)N3CCOCC3)cc12. The summed E-state index contributed by atoms with van der Waals surface area (Å²) in [6, 6.07) is 13.7. The fourth-order valence-corrected chi connectivity index (χ4v) is 4.53. The van der Waals surface area contributed by atoms with E-state index < -0.39 is 0 Å². The van der Waals surface area contributed by atoms with Crippen LogP contribution >= 0.6 is 0 Å². The van der Waals surface area contributed by atoms with Crippen LogP contribution in [0.3, 0.4) is 0 Å². The second-order valence-corrected chi connectivity index (χ2v) is 8.64. The van der Waals surface area contributed by atoms with Gasteiger partial charge in [0.1, 0.15) is 0 Å². The Morgan fingerprint density at radius 3 is 2.50 bits per heavy atom. The standard InChI is InChI=1S/C27H24N4O5/c1-16(32)28-23-14-19(15-25-26(34)20-5-3-4-6-24(20)31(25)17(2)33)29-22-8-7-18(13-21(22)23)27(35)30-9-11-36-12-10-30/h3-8,13-15H,9-12H2,1-2H3,(H,28,29,32)/b25-15-. The molecule has 0 radical (unpaired) electrons. The molecule has 0 aliphatic carbocycles. The van der Waals surface area contributed by atoms with Crippen LogP contribution in [0.15, 0.2) is 54.2 Å². The highest BCUT2D eigenvalue weighted by Crippen LogP contribution is 2.36. The number of ketones is 1. The van der Waals surface area contributed by atoms with Crippen molar-refractivity contribution in [3.8, 4) is 0 Å². The molecule has 9 nitrogen and oxygen atoms in total. The predicted molar refractivity (Wildman–Crippen MR) is 135 cm³/mol. The van der Waals surface area contributed by atoms with Gasteiger partial charge in [-0.1, -0.05) is 12.1 Å². The minimum absolute atomic E-state index is 0.119. The lowest BCUT2D eigenvalue weighted by molar-refractivity contribution is -0.116. The van der Waals surface area contributed by atoms with Gasteiger partial charge in [0.05, 0.1) is 41.5 Å². The first kappa shape index (κ1) is 23.4. The number of amides is 3. The molecule has 1 aromatic heterocycles. The molecule has 9 heteroatoms. The fraction of sp³-hybridized carbons (Fsp3) is 0.222. The van der Waals surface area contributed by atoms with Crippen LogP contribution in [-0.2, 0) is 14.3 Å². The van der Waals surface area contributed by atoms with Crippen molar-refractivity contribution in [3.05, 3.63) is 71.0 Å². The van der Waals surface area contributed by atoms with E-state index in [4.69, 9.17) is 4.74 Å². The third kappa shape index (κ3) is 4.25. The van der Waals surface area contributed by atoms with E-state index in [0.29, 0.717) is 65.4 Å². The number of carbonyl (C=O) groups excluding carboxylic acids is 4. The maximum Gasteiger partial charge on any atom is 0.254 e. The fourth-order valence-electron chi connectivity index (χ4n) is 4.53. The van der Waals surface area contributed by atoms with Crippen molar-refractivity contribution in [2.24, 2.45) is 0 Å². The van der Waals surface area contributed by atoms with Gasteiger partial charge in [0, 0.05) is 43.5 Å². The number of Topliss-reactive ketones (excluding diaryl/α,β-unsaturated/α-hetero) is 1. The van der Waals surface area contributed by atoms with E-state index in [9.17, 15) is 19.2 Å². The molecule has 1 fully saturated rings. The number of morpholine rings is 1. The summed E-state index contributed by atoms with van der Waals surface area (Å²) in [4.78, 5) is 58.2. The van der Waals surface area contributed by atoms with Gasteiger partial charge in [-0.15, -0.1) is 0 Å². The lowest BCUT2D eigenvalue weighted by Gasteiger charge is -2.27. The largest absolute Gasteiger partial charge is 0.378 e. The van der Waals surface area contributed by atoms with Crippen LogP contribution in [0.1, 0.15) is 40.3 Å². The Kier molecular flexibility index (Phi) is 6.07. The molecule has 2 aliphatic heterocycles. The maximum atomic E-state index is 13.1. The third-order valence-electron chi connectivity index (χ3n) is 6.15. The first-order valence-corrected chi connectivity index (χ1v) is 11.6. The number of rotatable bonds is 3. The predicted octanol–water partition coefficient (Wildman–Crippen LogP) is 3.26. The molecule has 0 unspecified atom stereocenters. The summed E-state index contributed by atoms with van der Waals surface area (Å²) < 4.78 is 5.33. The van der Waals surface area contributed by atoms with Gasteiger partial charge in [0.15, 0.2) is 0 Å². The van der Waals surface area contributed by atoms with Crippen LogP contribution in [0.4, 0.5) is 11.4 Å². The maximum absolute atomic E-state index is 13.1. The van der Waals surface area contributed by atoms with Crippen LogP contribution in [0.2, 0.25) is 0 Å². The van der Waals surface area contributed by atoms with Gasteiger partial charge in [0.2, 0.25) is 17.6 Å². The van der Waals surface area contributed by atoms with E-state index in [1.54, 1.807) is 59.5 Å². The van der Waals surface area contributed by atoms with Gasteiger partial charge in [-0.3, -0.25) is 24.1 Å². The highest BCUT2D eigenvalue weighted by atomic mass is 16.5. The Morgan fingerprint density at radius 2 is 1.78 bits per heavy atom. The number of allylic oxidation sites excluding steroid dienone is 1. The summed E-state index contributed by atoms with van der Waals surface area (Å²) >= 11 is 0. The van der Waals surface area contributed by atoms with Crippen LogP contribution in [-0.4, -0.2) is 59.7 Å². The number of hydrogen-bond acceptors (Lipinski definition) is 6. The highest BCUT2D eigenvalue weighted by molar-refractivity contribution is 6.26. The zero-order chi connectivity index (χ0) is 25.4. The van der Waals surface area contributed by atoms with Crippen molar-refractivity contribution in [2.75, 3.05) is 36.5 Å². The molecule has 5 rings (SSSR count).